The molecule has 0 saturated carbocycles. The minimum atomic E-state index is -0.0952. The van der Waals surface area contributed by atoms with Crippen molar-refractivity contribution in [2.45, 2.75) is 25.5 Å². The molecule has 1 N–H and O–H groups in total. The average molecular weight is 316 g/mol. The van der Waals surface area contributed by atoms with E-state index in [4.69, 9.17) is 4.74 Å². The molecule has 0 bridgehead atoms. The number of nitrogens with one attached hydrogen (secondary N) is 1. The fourth-order valence-corrected chi connectivity index (χ4v) is 2.65. The fraction of sp³-hybridized carbons (Fsp3) is 0.467. The summed E-state index contributed by atoms with van der Waals surface area (Å²) in [5.41, 5.74) is 0.864. The number of urea groups is 1. The minimum absolute atomic E-state index is 0.0952. The monoisotopic (exact) mass is 316 g/mol. The van der Waals surface area contributed by atoms with Crippen LogP contribution in [0.15, 0.2) is 30.3 Å². The molecule has 8 nitrogen and oxygen atoms in total. The summed E-state index contributed by atoms with van der Waals surface area (Å²) in [7, 11) is 1.71. The molecule has 23 heavy (non-hydrogen) atoms. The Bertz CT molecular complexity index is 636. The number of methoxy groups -OCH3 is 1. The van der Waals surface area contributed by atoms with Crippen molar-refractivity contribution >= 4 is 6.03 Å². The van der Waals surface area contributed by atoms with Crippen molar-refractivity contribution in [1.29, 1.82) is 0 Å². The Morgan fingerprint density at radius 1 is 1.30 bits per heavy atom. The molecule has 122 valence electrons. The van der Waals surface area contributed by atoms with Crippen LogP contribution in [0.1, 0.15) is 18.7 Å². The summed E-state index contributed by atoms with van der Waals surface area (Å²) < 4.78 is 6.94. The zero-order chi connectivity index (χ0) is 16.1. The van der Waals surface area contributed by atoms with Gasteiger partial charge < -0.3 is 15.0 Å². The fourth-order valence-electron chi connectivity index (χ4n) is 2.65. The van der Waals surface area contributed by atoms with Gasteiger partial charge in [-0.25, -0.2) is 4.79 Å². The van der Waals surface area contributed by atoms with Crippen molar-refractivity contribution in [1.82, 2.24) is 30.4 Å². The summed E-state index contributed by atoms with van der Waals surface area (Å²) >= 11 is 0. The number of hydrogen-bond donors (Lipinski definition) is 1. The zero-order valence-corrected chi connectivity index (χ0v) is 13.1. The number of ether oxygens (including phenoxy) is 1. The highest BCUT2D eigenvalue weighted by Gasteiger charge is 2.22. The zero-order valence-electron chi connectivity index (χ0n) is 13.1. The first-order valence-electron chi connectivity index (χ1n) is 7.66. The van der Waals surface area contributed by atoms with Gasteiger partial charge in [0.2, 0.25) is 0 Å². The molecule has 2 aromatic rings. The summed E-state index contributed by atoms with van der Waals surface area (Å²) in [4.78, 5) is 14.0. The van der Waals surface area contributed by atoms with E-state index in [0.717, 1.165) is 18.5 Å². The van der Waals surface area contributed by atoms with Crippen molar-refractivity contribution in [3.05, 3.63) is 36.2 Å². The van der Waals surface area contributed by atoms with Crippen molar-refractivity contribution in [2.75, 3.05) is 20.2 Å². The van der Waals surface area contributed by atoms with E-state index in [1.54, 1.807) is 16.7 Å². The van der Waals surface area contributed by atoms with E-state index in [9.17, 15) is 4.79 Å². The molecule has 2 heterocycles. The molecule has 1 saturated heterocycles. The predicted octanol–water partition coefficient (Wildman–Crippen LogP) is 0.983. The number of tetrazole rings is 1. The molecular formula is C15H20N6O2. The van der Waals surface area contributed by atoms with E-state index < -0.39 is 0 Å². The number of aromatic nitrogens is 4. The first-order chi connectivity index (χ1) is 11.3. The van der Waals surface area contributed by atoms with E-state index in [2.05, 4.69) is 20.8 Å². The molecule has 1 aromatic carbocycles. The molecule has 0 spiro atoms. The Labute approximate surface area is 134 Å². The second kappa shape index (κ2) is 7.19. The smallest absolute Gasteiger partial charge is 0.317 e. The SMILES string of the molecule is COC1CCN(C(=O)NCc2nnnn2-c2ccccc2)CC1. The molecule has 1 aliphatic rings. The number of hydrogen-bond acceptors (Lipinski definition) is 5. The lowest BCUT2D eigenvalue weighted by Crippen LogP contribution is -2.45. The summed E-state index contributed by atoms with van der Waals surface area (Å²) in [6, 6.07) is 9.49. The maximum absolute atomic E-state index is 12.2. The van der Waals surface area contributed by atoms with Gasteiger partial charge in [0.25, 0.3) is 0 Å². The van der Waals surface area contributed by atoms with E-state index in [1.807, 2.05) is 30.3 Å². The normalized spacial score (nSPS) is 15.6. The van der Waals surface area contributed by atoms with Crippen LogP contribution in [0.2, 0.25) is 0 Å². The maximum atomic E-state index is 12.2. The summed E-state index contributed by atoms with van der Waals surface area (Å²) in [5.74, 6) is 0.594. The second-order valence-corrected chi connectivity index (χ2v) is 5.42. The lowest BCUT2D eigenvalue weighted by molar-refractivity contribution is 0.0503. The molecule has 0 radical (unpaired) electrons. The number of piperidine rings is 1. The Morgan fingerprint density at radius 3 is 2.74 bits per heavy atom. The third kappa shape index (κ3) is 3.65. The lowest BCUT2D eigenvalue weighted by Gasteiger charge is -2.31. The van der Waals surface area contributed by atoms with Crippen LogP contribution in [0, 0.1) is 0 Å². The van der Waals surface area contributed by atoms with Crippen LogP contribution in [0.25, 0.3) is 5.69 Å². The number of rotatable bonds is 4. The van der Waals surface area contributed by atoms with Gasteiger partial charge in [-0.1, -0.05) is 18.2 Å². The van der Waals surface area contributed by atoms with Gasteiger partial charge in [-0.3, -0.25) is 0 Å². The number of amides is 2. The molecule has 1 fully saturated rings. The van der Waals surface area contributed by atoms with E-state index >= 15 is 0 Å². The quantitative estimate of drug-likeness (QED) is 0.909. The Morgan fingerprint density at radius 2 is 2.04 bits per heavy atom. The highest BCUT2D eigenvalue weighted by atomic mass is 16.5. The van der Waals surface area contributed by atoms with Gasteiger partial charge in [0, 0.05) is 20.2 Å². The summed E-state index contributed by atoms with van der Waals surface area (Å²) in [5, 5.41) is 14.5. The van der Waals surface area contributed by atoms with Crippen molar-refractivity contribution in [2.24, 2.45) is 0 Å². The molecule has 0 unspecified atom stereocenters. The van der Waals surface area contributed by atoms with Crippen LogP contribution in [0.5, 0.6) is 0 Å². The summed E-state index contributed by atoms with van der Waals surface area (Å²) in [6.45, 7) is 1.69. The molecular weight excluding hydrogens is 296 g/mol. The number of carbonyl (C=O) groups is 1. The van der Waals surface area contributed by atoms with Crippen molar-refractivity contribution in [3.63, 3.8) is 0 Å². The topological polar surface area (TPSA) is 85.2 Å². The van der Waals surface area contributed by atoms with Crippen LogP contribution in [0.3, 0.4) is 0 Å². The average Bonchev–Trinajstić information content (AvgIpc) is 3.09. The van der Waals surface area contributed by atoms with E-state index in [0.29, 0.717) is 18.9 Å². The van der Waals surface area contributed by atoms with Crippen LogP contribution in [-0.4, -0.2) is 57.4 Å². The lowest BCUT2D eigenvalue weighted by atomic mass is 10.1. The van der Waals surface area contributed by atoms with Crippen molar-refractivity contribution < 1.29 is 9.53 Å². The highest BCUT2D eigenvalue weighted by Crippen LogP contribution is 2.13. The van der Waals surface area contributed by atoms with Crippen LogP contribution < -0.4 is 5.32 Å². The predicted molar refractivity (Wildman–Crippen MR) is 83.0 cm³/mol. The molecule has 2 amide bonds. The van der Waals surface area contributed by atoms with E-state index in [1.165, 1.54) is 0 Å². The van der Waals surface area contributed by atoms with Crippen LogP contribution in [0.4, 0.5) is 4.79 Å². The van der Waals surface area contributed by atoms with Crippen LogP contribution in [-0.2, 0) is 11.3 Å². The first-order valence-corrected chi connectivity index (χ1v) is 7.66. The minimum Gasteiger partial charge on any atom is -0.381 e. The molecule has 1 aliphatic heterocycles. The third-order valence-corrected chi connectivity index (χ3v) is 4.00. The van der Waals surface area contributed by atoms with Gasteiger partial charge >= 0.3 is 6.03 Å². The molecule has 8 heteroatoms. The Kier molecular flexibility index (Phi) is 4.82. The van der Waals surface area contributed by atoms with Gasteiger partial charge in [0.15, 0.2) is 5.82 Å². The number of benzene rings is 1. The largest absolute Gasteiger partial charge is 0.381 e. The van der Waals surface area contributed by atoms with E-state index in [-0.39, 0.29) is 18.7 Å². The first kappa shape index (κ1) is 15.4. The third-order valence-electron chi connectivity index (χ3n) is 4.00. The van der Waals surface area contributed by atoms with Gasteiger partial charge in [0.1, 0.15) is 0 Å². The summed E-state index contributed by atoms with van der Waals surface area (Å²) in [6.07, 6.45) is 1.99. The maximum Gasteiger partial charge on any atom is 0.317 e. The Balaban J connectivity index is 1.57. The molecule has 0 atom stereocenters. The van der Waals surface area contributed by atoms with Gasteiger partial charge in [-0.05, 0) is 35.4 Å². The van der Waals surface area contributed by atoms with Crippen LogP contribution >= 0.6 is 0 Å². The van der Waals surface area contributed by atoms with Gasteiger partial charge in [-0.15, -0.1) is 5.10 Å². The number of likely N-dealkylation sites (tertiary alicyclic amines) is 1. The van der Waals surface area contributed by atoms with Gasteiger partial charge in [0.05, 0.1) is 18.3 Å². The number of nitrogens with zero attached hydrogens (tertiary/aromatic N) is 5. The van der Waals surface area contributed by atoms with Gasteiger partial charge in [-0.2, -0.15) is 4.68 Å². The highest BCUT2D eigenvalue weighted by molar-refractivity contribution is 5.74. The Hall–Kier alpha value is -2.48. The second-order valence-electron chi connectivity index (χ2n) is 5.42. The standard InChI is InChI=1S/C15H20N6O2/c1-23-13-7-9-20(10-8-13)15(22)16-11-14-17-18-19-21(14)12-5-3-2-4-6-12/h2-6,13H,7-11H2,1H3,(H,16,22). The number of para-hydroxylation sites is 1. The van der Waals surface area contributed by atoms with Crippen molar-refractivity contribution in [3.8, 4) is 5.69 Å². The molecule has 1 aromatic heterocycles. The molecule has 0 aliphatic carbocycles. The molecule has 3 rings (SSSR count). The number of carbonyl (C=O) groups excluding carboxylic acids is 1.